The van der Waals surface area contributed by atoms with Crippen LogP contribution in [0.5, 0.6) is 0 Å². The molecule has 3 unspecified atom stereocenters. The molecule has 2 heterocycles. The van der Waals surface area contributed by atoms with E-state index in [1.165, 1.54) is 19.3 Å². The van der Waals surface area contributed by atoms with Crippen molar-refractivity contribution in [3.63, 3.8) is 0 Å². The summed E-state index contributed by atoms with van der Waals surface area (Å²) in [6.45, 7) is 4.22. The van der Waals surface area contributed by atoms with Crippen molar-refractivity contribution in [1.82, 2.24) is 19.9 Å². The van der Waals surface area contributed by atoms with E-state index in [1.807, 2.05) is 28.8 Å². The van der Waals surface area contributed by atoms with Crippen LogP contribution in [0.1, 0.15) is 57.8 Å². The zero-order valence-corrected chi connectivity index (χ0v) is 15.6. The van der Waals surface area contributed by atoms with Crippen molar-refractivity contribution in [1.29, 1.82) is 0 Å². The molecule has 2 bridgehead atoms. The molecule has 2 aliphatic rings. The number of nitrogens with two attached hydrogens (primary N) is 1. The van der Waals surface area contributed by atoms with Crippen LogP contribution < -0.4 is 11.1 Å². The van der Waals surface area contributed by atoms with Crippen LogP contribution in [0.2, 0.25) is 0 Å². The van der Waals surface area contributed by atoms with Crippen molar-refractivity contribution < 1.29 is 4.79 Å². The molecule has 1 amide bonds. The van der Waals surface area contributed by atoms with Gasteiger partial charge >= 0.3 is 0 Å². The van der Waals surface area contributed by atoms with Gasteiger partial charge in [-0.2, -0.15) is 0 Å². The van der Waals surface area contributed by atoms with Gasteiger partial charge in [0, 0.05) is 18.2 Å². The number of aromatic nitrogens is 3. The fourth-order valence-corrected chi connectivity index (χ4v) is 4.88. The molecular weight excluding hydrogens is 326 g/mol. The first-order valence-electron chi connectivity index (χ1n) is 9.90. The van der Waals surface area contributed by atoms with E-state index in [-0.39, 0.29) is 29.8 Å². The van der Waals surface area contributed by atoms with Crippen molar-refractivity contribution in [3.05, 3.63) is 30.2 Å². The Hall–Kier alpha value is -1.95. The summed E-state index contributed by atoms with van der Waals surface area (Å²) < 4.78 is 1.97. The van der Waals surface area contributed by atoms with Crippen LogP contribution >= 0.6 is 0 Å². The lowest BCUT2D eigenvalue weighted by molar-refractivity contribution is -0.129. The summed E-state index contributed by atoms with van der Waals surface area (Å²) in [6, 6.07) is 5.98. The number of fused-ring (bicyclic) bond motifs is 3. The molecule has 0 saturated heterocycles. The van der Waals surface area contributed by atoms with E-state index in [9.17, 15) is 4.79 Å². The van der Waals surface area contributed by atoms with Gasteiger partial charge in [-0.3, -0.25) is 9.20 Å². The highest BCUT2D eigenvalue weighted by atomic mass is 16.2. The zero-order valence-electron chi connectivity index (χ0n) is 15.6. The number of rotatable bonds is 4. The lowest BCUT2D eigenvalue weighted by atomic mass is 9.65. The van der Waals surface area contributed by atoms with Crippen LogP contribution in [-0.2, 0) is 4.79 Å². The van der Waals surface area contributed by atoms with Gasteiger partial charge in [-0.15, -0.1) is 10.2 Å². The monoisotopic (exact) mass is 355 g/mol. The van der Waals surface area contributed by atoms with Crippen molar-refractivity contribution >= 4 is 11.6 Å². The van der Waals surface area contributed by atoms with E-state index in [0.29, 0.717) is 11.8 Å². The molecule has 6 heteroatoms. The third-order valence-corrected chi connectivity index (χ3v) is 6.37. The first kappa shape index (κ1) is 17.5. The lowest BCUT2D eigenvalue weighted by Crippen LogP contribution is -2.49. The fraction of sp³-hybridized carbons (Fsp3) is 0.650. The number of carbonyl (C=O) groups is 1. The molecule has 2 fully saturated rings. The summed E-state index contributed by atoms with van der Waals surface area (Å²) in [5.41, 5.74) is 7.19. The number of pyridine rings is 1. The summed E-state index contributed by atoms with van der Waals surface area (Å²) in [7, 11) is 0. The SMILES string of the molecule is CC(C)C(NC(=O)C1CC2CCCC(C1)C2N)c1nnc2ccccn12. The van der Waals surface area contributed by atoms with Crippen LogP contribution in [0.4, 0.5) is 0 Å². The molecular formula is C20H29N5O. The highest BCUT2D eigenvalue weighted by molar-refractivity contribution is 5.79. The van der Waals surface area contributed by atoms with Gasteiger partial charge in [-0.25, -0.2) is 0 Å². The molecule has 2 aromatic heterocycles. The quantitative estimate of drug-likeness (QED) is 0.883. The number of amides is 1. The molecule has 0 spiro atoms. The van der Waals surface area contributed by atoms with Crippen LogP contribution in [0.15, 0.2) is 24.4 Å². The Bertz CT molecular complexity index is 771. The number of nitrogens with zero attached hydrogens (tertiary/aromatic N) is 3. The van der Waals surface area contributed by atoms with Crippen LogP contribution in [0.3, 0.4) is 0 Å². The Labute approximate surface area is 154 Å². The summed E-state index contributed by atoms with van der Waals surface area (Å²) in [5.74, 6) is 2.27. The predicted molar refractivity (Wildman–Crippen MR) is 100 cm³/mol. The Morgan fingerprint density at radius 1 is 1.23 bits per heavy atom. The van der Waals surface area contributed by atoms with Gasteiger partial charge in [0.1, 0.15) is 0 Å². The second kappa shape index (κ2) is 6.99. The molecule has 0 radical (unpaired) electrons. The predicted octanol–water partition coefficient (Wildman–Crippen LogP) is 2.70. The minimum atomic E-state index is -0.143. The Kier molecular flexibility index (Phi) is 4.69. The fourth-order valence-electron chi connectivity index (χ4n) is 4.88. The maximum atomic E-state index is 13.1. The van der Waals surface area contributed by atoms with Gasteiger partial charge in [-0.05, 0) is 55.6 Å². The molecule has 6 nitrogen and oxygen atoms in total. The van der Waals surface area contributed by atoms with Gasteiger partial charge in [0.05, 0.1) is 6.04 Å². The molecule has 2 aromatic rings. The third-order valence-electron chi connectivity index (χ3n) is 6.37. The Morgan fingerprint density at radius 2 is 1.96 bits per heavy atom. The minimum Gasteiger partial charge on any atom is -0.346 e. The van der Waals surface area contributed by atoms with Gasteiger partial charge < -0.3 is 11.1 Å². The van der Waals surface area contributed by atoms with Gasteiger partial charge in [0.25, 0.3) is 0 Å². The van der Waals surface area contributed by atoms with Crippen molar-refractivity contribution in [2.24, 2.45) is 29.4 Å². The normalized spacial score (nSPS) is 29.7. The number of hydrogen-bond acceptors (Lipinski definition) is 4. The summed E-state index contributed by atoms with van der Waals surface area (Å²) in [6.07, 6.45) is 7.41. The smallest absolute Gasteiger partial charge is 0.223 e. The van der Waals surface area contributed by atoms with Crippen LogP contribution in [0.25, 0.3) is 5.65 Å². The van der Waals surface area contributed by atoms with Crippen molar-refractivity contribution in [2.75, 3.05) is 0 Å². The van der Waals surface area contributed by atoms with Gasteiger partial charge in [0.15, 0.2) is 11.5 Å². The Morgan fingerprint density at radius 3 is 2.65 bits per heavy atom. The molecule has 2 saturated carbocycles. The minimum absolute atomic E-state index is 0.0746. The van der Waals surface area contributed by atoms with Gasteiger partial charge in [0.2, 0.25) is 5.91 Å². The first-order valence-corrected chi connectivity index (χ1v) is 9.90. The zero-order chi connectivity index (χ0) is 18.3. The molecule has 0 aliphatic heterocycles. The van der Waals surface area contributed by atoms with E-state index in [2.05, 4.69) is 29.4 Å². The van der Waals surface area contributed by atoms with Gasteiger partial charge in [-0.1, -0.05) is 26.3 Å². The average Bonchev–Trinajstić information content (AvgIpc) is 3.02. The van der Waals surface area contributed by atoms with E-state index in [1.54, 1.807) is 0 Å². The molecule has 3 atom stereocenters. The number of hydrogen-bond donors (Lipinski definition) is 2. The molecule has 4 rings (SSSR count). The molecule has 0 aromatic carbocycles. The Balaban J connectivity index is 1.53. The first-order chi connectivity index (χ1) is 12.5. The standard InChI is InChI=1S/C20H29N5O/c1-12(2)18(19-24-23-16-8-3-4-9-25(16)19)22-20(26)15-10-13-6-5-7-14(11-15)17(13)21/h3-4,8-9,12-15,17-18H,5-7,10-11,21H2,1-2H3,(H,22,26). The highest BCUT2D eigenvalue weighted by Crippen LogP contribution is 2.42. The second-order valence-electron chi connectivity index (χ2n) is 8.41. The molecule has 26 heavy (non-hydrogen) atoms. The maximum Gasteiger partial charge on any atom is 0.223 e. The summed E-state index contributed by atoms with van der Waals surface area (Å²) in [4.78, 5) is 13.1. The van der Waals surface area contributed by atoms with E-state index < -0.39 is 0 Å². The number of nitrogens with one attached hydrogen (secondary N) is 1. The number of carbonyl (C=O) groups excluding carboxylic acids is 1. The van der Waals surface area contributed by atoms with Crippen LogP contribution in [-0.4, -0.2) is 26.5 Å². The van der Waals surface area contributed by atoms with Crippen molar-refractivity contribution in [3.8, 4) is 0 Å². The van der Waals surface area contributed by atoms with Crippen molar-refractivity contribution in [2.45, 2.75) is 58.0 Å². The summed E-state index contributed by atoms with van der Waals surface area (Å²) >= 11 is 0. The molecule has 3 N–H and O–H groups in total. The summed E-state index contributed by atoms with van der Waals surface area (Å²) in [5, 5.41) is 11.9. The molecule has 140 valence electrons. The lowest BCUT2D eigenvalue weighted by Gasteiger charge is -2.43. The van der Waals surface area contributed by atoms with Crippen LogP contribution in [0, 0.1) is 23.7 Å². The maximum absolute atomic E-state index is 13.1. The molecule has 2 aliphatic carbocycles. The van der Waals surface area contributed by atoms with E-state index >= 15 is 0 Å². The highest BCUT2D eigenvalue weighted by Gasteiger charge is 2.41. The average molecular weight is 355 g/mol. The van der Waals surface area contributed by atoms with E-state index in [0.717, 1.165) is 24.3 Å². The third kappa shape index (κ3) is 3.11. The van der Waals surface area contributed by atoms with E-state index in [4.69, 9.17) is 5.73 Å². The topological polar surface area (TPSA) is 85.3 Å². The second-order valence-corrected chi connectivity index (χ2v) is 8.41. The largest absolute Gasteiger partial charge is 0.346 e.